The van der Waals surface area contributed by atoms with E-state index in [9.17, 15) is 0 Å². The summed E-state index contributed by atoms with van der Waals surface area (Å²) in [7, 11) is 0. The first-order valence-electron chi connectivity index (χ1n) is 11.6. The molecule has 0 radical (unpaired) electrons. The molecule has 0 bridgehead atoms. The van der Waals surface area contributed by atoms with Crippen molar-refractivity contribution in [3.8, 4) is 39.3 Å². The van der Waals surface area contributed by atoms with Gasteiger partial charge in [-0.15, -0.1) is 0 Å². The van der Waals surface area contributed by atoms with Crippen LogP contribution in [0.2, 0.25) is 0 Å². The molecule has 170 valence electrons. The zero-order valence-corrected chi connectivity index (χ0v) is 19.1. The Balaban J connectivity index is 1.41. The van der Waals surface area contributed by atoms with Crippen molar-refractivity contribution in [1.29, 1.82) is 0 Å². The van der Waals surface area contributed by atoms with Crippen molar-refractivity contribution >= 4 is 22.1 Å². The van der Waals surface area contributed by atoms with Crippen LogP contribution in [0, 0.1) is 0 Å². The Bertz CT molecular complexity index is 1850. The molecule has 6 heteroatoms. The van der Waals surface area contributed by atoms with Gasteiger partial charge in [-0.25, -0.2) is 9.97 Å². The third-order valence-electron chi connectivity index (χ3n) is 6.35. The van der Waals surface area contributed by atoms with Gasteiger partial charge in [-0.1, -0.05) is 54.6 Å². The minimum Gasteiger partial charge on any atom is -0.445 e. The van der Waals surface area contributed by atoms with Crippen LogP contribution < -0.4 is 0 Å². The SMILES string of the molecule is c1ccc(-c2nccnc2-c2cccc(-n3cnc4cccc(-c5coc6ncccc56)c43)c2)cc1. The lowest BCUT2D eigenvalue weighted by Crippen LogP contribution is -1.96. The molecule has 36 heavy (non-hydrogen) atoms. The Hall–Kier alpha value is -5.10. The van der Waals surface area contributed by atoms with Crippen molar-refractivity contribution in [1.82, 2.24) is 24.5 Å². The first-order chi connectivity index (χ1) is 17.9. The van der Waals surface area contributed by atoms with Crippen molar-refractivity contribution in [3.05, 3.63) is 116 Å². The molecular weight excluding hydrogens is 446 g/mol. The molecular formula is C30H19N5O. The average Bonchev–Trinajstić information content (AvgIpc) is 3.58. The highest BCUT2D eigenvalue weighted by Gasteiger charge is 2.17. The molecule has 4 aromatic heterocycles. The van der Waals surface area contributed by atoms with Gasteiger partial charge < -0.3 is 4.42 Å². The number of imidazole rings is 1. The fraction of sp³-hybridized carbons (Fsp3) is 0. The van der Waals surface area contributed by atoms with Crippen molar-refractivity contribution in [2.75, 3.05) is 0 Å². The summed E-state index contributed by atoms with van der Waals surface area (Å²) in [6, 6.07) is 28.5. The molecule has 4 heterocycles. The van der Waals surface area contributed by atoms with Gasteiger partial charge in [0.15, 0.2) is 0 Å². The predicted molar refractivity (Wildman–Crippen MR) is 141 cm³/mol. The molecule has 0 fully saturated rings. The van der Waals surface area contributed by atoms with Gasteiger partial charge in [-0.05, 0) is 30.3 Å². The van der Waals surface area contributed by atoms with Crippen LogP contribution in [0.15, 0.2) is 121 Å². The Labute approximate surface area is 206 Å². The number of pyridine rings is 1. The van der Waals surface area contributed by atoms with E-state index in [4.69, 9.17) is 14.4 Å². The number of benzene rings is 3. The van der Waals surface area contributed by atoms with Crippen molar-refractivity contribution in [2.45, 2.75) is 0 Å². The van der Waals surface area contributed by atoms with Gasteiger partial charge in [0.05, 0.1) is 22.4 Å². The molecule has 6 nitrogen and oxygen atoms in total. The number of nitrogens with zero attached hydrogens (tertiary/aromatic N) is 5. The lowest BCUT2D eigenvalue weighted by Gasteiger charge is -2.12. The van der Waals surface area contributed by atoms with Crippen LogP contribution in [0.4, 0.5) is 0 Å². The fourth-order valence-corrected chi connectivity index (χ4v) is 4.72. The van der Waals surface area contributed by atoms with Gasteiger partial charge in [0.1, 0.15) is 12.6 Å². The van der Waals surface area contributed by atoms with E-state index in [0.717, 1.165) is 55.7 Å². The monoisotopic (exact) mass is 465 g/mol. The molecule has 0 atom stereocenters. The topological polar surface area (TPSA) is 69.6 Å². The normalized spacial score (nSPS) is 11.3. The maximum absolute atomic E-state index is 5.75. The highest BCUT2D eigenvalue weighted by molar-refractivity contribution is 6.02. The minimum absolute atomic E-state index is 0.619. The predicted octanol–water partition coefficient (Wildman–Crippen LogP) is 6.96. The summed E-state index contributed by atoms with van der Waals surface area (Å²) in [4.78, 5) is 18.4. The molecule has 0 aliphatic carbocycles. The molecule has 0 saturated carbocycles. The van der Waals surface area contributed by atoms with E-state index >= 15 is 0 Å². The lowest BCUT2D eigenvalue weighted by molar-refractivity contribution is 0.604. The second-order valence-electron chi connectivity index (χ2n) is 8.46. The summed E-state index contributed by atoms with van der Waals surface area (Å²) in [6.07, 6.45) is 8.84. The summed E-state index contributed by atoms with van der Waals surface area (Å²) in [6.45, 7) is 0. The second kappa shape index (κ2) is 8.29. The number of rotatable bonds is 4. The standard InChI is InChI=1S/C30H19N5O/c1-2-7-20(8-3-1)27-28(32-16-15-31-27)21-9-4-10-22(17-21)35-19-34-26-13-5-11-23(29(26)35)25-18-36-30-24(25)12-6-14-33-30/h1-19H. The van der Waals surface area contributed by atoms with Crippen LogP contribution >= 0.6 is 0 Å². The smallest absolute Gasteiger partial charge is 0.226 e. The van der Waals surface area contributed by atoms with Gasteiger partial charge in [0.2, 0.25) is 5.71 Å². The maximum atomic E-state index is 5.75. The first kappa shape index (κ1) is 20.3. The summed E-state index contributed by atoms with van der Waals surface area (Å²) >= 11 is 0. The van der Waals surface area contributed by atoms with Crippen LogP contribution in [0.3, 0.4) is 0 Å². The second-order valence-corrected chi connectivity index (χ2v) is 8.46. The van der Waals surface area contributed by atoms with E-state index < -0.39 is 0 Å². The van der Waals surface area contributed by atoms with Crippen molar-refractivity contribution in [3.63, 3.8) is 0 Å². The third-order valence-corrected chi connectivity index (χ3v) is 6.35. The van der Waals surface area contributed by atoms with E-state index in [2.05, 4.69) is 50.9 Å². The number of hydrogen-bond donors (Lipinski definition) is 0. The van der Waals surface area contributed by atoms with E-state index in [0.29, 0.717) is 5.71 Å². The van der Waals surface area contributed by atoms with Crippen LogP contribution in [0.1, 0.15) is 0 Å². The Morgan fingerprint density at radius 1 is 0.611 bits per heavy atom. The average molecular weight is 466 g/mol. The fourth-order valence-electron chi connectivity index (χ4n) is 4.72. The molecule has 0 saturated heterocycles. The summed E-state index contributed by atoms with van der Waals surface area (Å²) in [5.74, 6) is 0. The third kappa shape index (κ3) is 3.27. The van der Waals surface area contributed by atoms with Crippen LogP contribution in [-0.4, -0.2) is 24.5 Å². The lowest BCUT2D eigenvalue weighted by atomic mass is 10.0. The maximum Gasteiger partial charge on any atom is 0.226 e. The molecule has 7 rings (SSSR count). The van der Waals surface area contributed by atoms with Gasteiger partial charge in [0, 0.05) is 51.9 Å². The molecule has 0 unspecified atom stereocenters. The highest BCUT2D eigenvalue weighted by Crippen LogP contribution is 2.36. The van der Waals surface area contributed by atoms with Crippen molar-refractivity contribution < 1.29 is 4.42 Å². The molecule has 0 aliphatic rings. The molecule has 3 aromatic carbocycles. The molecule has 0 amide bonds. The van der Waals surface area contributed by atoms with E-state index in [1.807, 2.05) is 54.9 Å². The van der Waals surface area contributed by atoms with E-state index in [-0.39, 0.29) is 0 Å². The number of para-hydroxylation sites is 1. The van der Waals surface area contributed by atoms with Crippen LogP contribution in [0.5, 0.6) is 0 Å². The summed E-state index contributed by atoms with van der Waals surface area (Å²) in [5.41, 5.74) is 9.23. The Morgan fingerprint density at radius 2 is 1.42 bits per heavy atom. The zero-order valence-electron chi connectivity index (χ0n) is 19.1. The molecule has 7 aromatic rings. The molecule has 0 N–H and O–H groups in total. The quantitative estimate of drug-likeness (QED) is 0.281. The van der Waals surface area contributed by atoms with Gasteiger partial charge >= 0.3 is 0 Å². The van der Waals surface area contributed by atoms with Crippen molar-refractivity contribution in [2.24, 2.45) is 0 Å². The highest BCUT2D eigenvalue weighted by atomic mass is 16.3. The first-order valence-corrected chi connectivity index (χ1v) is 11.6. The number of fused-ring (bicyclic) bond motifs is 2. The van der Waals surface area contributed by atoms with E-state index in [1.165, 1.54) is 0 Å². The molecule has 0 spiro atoms. The Morgan fingerprint density at radius 3 is 2.31 bits per heavy atom. The van der Waals surface area contributed by atoms with Crippen LogP contribution in [-0.2, 0) is 0 Å². The zero-order chi connectivity index (χ0) is 23.9. The van der Waals surface area contributed by atoms with Gasteiger partial charge in [-0.3, -0.25) is 14.5 Å². The summed E-state index contributed by atoms with van der Waals surface area (Å²) in [5, 5.41) is 0.971. The molecule has 0 aliphatic heterocycles. The summed E-state index contributed by atoms with van der Waals surface area (Å²) < 4.78 is 7.86. The van der Waals surface area contributed by atoms with Gasteiger partial charge in [0.25, 0.3) is 0 Å². The van der Waals surface area contributed by atoms with Gasteiger partial charge in [-0.2, -0.15) is 0 Å². The minimum atomic E-state index is 0.619. The number of hydrogen-bond acceptors (Lipinski definition) is 5. The largest absolute Gasteiger partial charge is 0.445 e. The number of furan rings is 1. The Kier molecular flexibility index (Phi) is 4.67. The van der Waals surface area contributed by atoms with E-state index in [1.54, 1.807) is 24.9 Å². The number of aromatic nitrogens is 5. The van der Waals surface area contributed by atoms with Crippen LogP contribution in [0.25, 0.3) is 61.5 Å².